The summed E-state index contributed by atoms with van der Waals surface area (Å²) in [4.78, 5) is 23.5. The van der Waals surface area contributed by atoms with E-state index in [1.165, 1.54) is 0 Å². The van der Waals surface area contributed by atoms with Gasteiger partial charge in [-0.05, 0) is 18.6 Å². The van der Waals surface area contributed by atoms with Gasteiger partial charge in [0.15, 0.2) is 0 Å². The first kappa shape index (κ1) is 13.9. The Balaban J connectivity index is 2.48. The van der Waals surface area contributed by atoms with Crippen molar-refractivity contribution in [3.8, 4) is 5.75 Å². The van der Waals surface area contributed by atoms with Crippen molar-refractivity contribution in [1.29, 1.82) is 0 Å². The van der Waals surface area contributed by atoms with Crippen LogP contribution in [0, 0.1) is 5.92 Å². The van der Waals surface area contributed by atoms with Gasteiger partial charge in [-0.15, -0.1) is 0 Å². The van der Waals surface area contributed by atoms with Crippen molar-refractivity contribution in [2.24, 2.45) is 5.92 Å². The van der Waals surface area contributed by atoms with E-state index in [0.717, 1.165) is 5.56 Å². The lowest BCUT2D eigenvalue weighted by atomic mass is 9.78. The van der Waals surface area contributed by atoms with Gasteiger partial charge in [-0.3, -0.25) is 14.9 Å². The normalized spacial score (nSPS) is 23.1. The fourth-order valence-electron chi connectivity index (χ4n) is 2.63. The van der Waals surface area contributed by atoms with E-state index >= 15 is 0 Å². The number of ether oxygens (including phenoxy) is 1. The molecule has 1 fully saturated rings. The molecule has 1 heterocycles. The molecule has 0 bridgehead atoms. The monoisotopic (exact) mass is 281 g/mol. The van der Waals surface area contributed by atoms with Gasteiger partial charge >= 0.3 is 0 Å². The lowest BCUT2D eigenvalue weighted by Crippen LogP contribution is -2.44. The summed E-state index contributed by atoms with van der Waals surface area (Å²) >= 11 is 6.24. The second-order valence-corrected chi connectivity index (χ2v) is 5.00. The third-order valence-electron chi connectivity index (χ3n) is 3.53. The van der Waals surface area contributed by atoms with Crippen LogP contribution in [0.3, 0.4) is 0 Å². The van der Waals surface area contributed by atoms with E-state index in [1.807, 2.05) is 6.92 Å². The van der Waals surface area contributed by atoms with Crippen LogP contribution in [0.25, 0.3) is 0 Å². The number of amides is 2. The molecular weight excluding hydrogens is 266 g/mol. The number of methoxy groups -OCH3 is 1. The average molecular weight is 282 g/mol. The number of carbonyl (C=O) groups excluding carboxylic acids is 2. The predicted molar refractivity (Wildman–Crippen MR) is 72.3 cm³/mol. The summed E-state index contributed by atoms with van der Waals surface area (Å²) < 4.78 is 5.32. The summed E-state index contributed by atoms with van der Waals surface area (Å²) in [5.74, 6) is -0.354. The Kier molecular flexibility index (Phi) is 4.10. The van der Waals surface area contributed by atoms with Gasteiger partial charge in [0.2, 0.25) is 11.8 Å². The first-order chi connectivity index (χ1) is 9.08. The van der Waals surface area contributed by atoms with Crippen molar-refractivity contribution in [1.82, 2.24) is 5.32 Å². The molecule has 1 N–H and O–H groups in total. The number of piperidine rings is 1. The van der Waals surface area contributed by atoms with Gasteiger partial charge in [0, 0.05) is 28.8 Å². The molecule has 2 atom stereocenters. The standard InChI is InChI=1S/C14H16ClNO3/c1-3-8-9(7-12(17)16-14(8)18)13-10(15)5-4-6-11(13)19-2/h4-6,8-9H,3,7H2,1-2H3,(H,16,17,18). The number of nitrogens with one attached hydrogen (secondary N) is 1. The molecule has 5 heteroatoms. The first-order valence-corrected chi connectivity index (χ1v) is 6.62. The average Bonchev–Trinajstić information content (AvgIpc) is 2.37. The van der Waals surface area contributed by atoms with E-state index < -0.39 is 0 Å². The quantitative estimate of drug-likeness (QED) is 0.866. The molecule has 0 aromatic heterocycles. The van der Waals surface area contributed by atoms with Crippen molar-refractivity contribution in [2.45, 2.75) is 25.7 Å². The number of halogens is 1. The first-order valence-electron chi connectivity index (χ1n) is 6.24. The summed E-state index contributed by atoms with van der Waals surface area (Å²) in [6, 6.07) is 5.34. The largest absolute Gasteiger partial charge is 0.496 e. The SMILES string of the molecule is CCC1C(=O)NC(=O)CC1c1c(Cl)cccc1OC. The Morgan fingerprint density at radius 3 is 2.79 bits per heavy atom. The van der Waals surface area contributed by atoms with Gasteiger partial charge in [-0.1, -0.05) is 24.6 Å². The highest BCUT2D eigenvalue weighted by atomic mass is 35.5. The molecule has 0 aliphatic carbocycles. The van der Waals surface area contributed by atoms with Crippen molar-refractivity contribution < 1.29 is 14.3 Å². The van der Waals surface area contributed by atoms with Crippen molar-refractivity contribution in [2.75, 3.05) is 7.11 Å². The molecule has 0 radical (unpaired) electrons. The minimum absolute atomic E-state index is 0.227. The van der Waals surface area contributed by atoms with Crippen LogP contribution in [0.1, 0.15) is 31.2 Å². The van der Waals surface area contributed by atoms with Crippen LogP contribution < -0.4 is 10.1 Å². The zero-order chi connectivity index (χ0) is 14.0. The fourth-order valence-corrected chi connectivity index (χ4v) is 2.94. The van der Waals surface area contributed by atoms with Crippen LogP contribution in [-0.4, -0.2) is 18.9 Å². The number of imide groups is 1. The molecule has 2 rings (SSSR count). The third kappa shape index (κ3) is 2.59. The molecule has 102 valence electrons. The summed E-state index contributed by atoms with van der Waals surface area (Å²) in [5.41, 5.74) is 0.752. The van der Waals surface area contributed by atoms with Crippen molar-refractivity contribution >= 4 is 23.4 Å². The topological polar surface area (TPSA) is 55.4 Å². The van der Waals surface area contributed by atoms with Gasteiger partial charge in [0.1, 0.15) is 5.75 Å². The van der Waals surface area contributed by atoms with Crippen LogP contribution in [0.2, 0.25) is 5.02 Å². The molecule has 0 spiro atoms. The summed E-state index contributed by atoms with van der Waals surface area (Å²) in [6.45, 7) is 1.93. The molecule has 1 saturated heterocycles. The highest BCUT2D eigenvalue weighted by Crippen LogP contribution is 2.41. The zero-order valence-corrected chi connectivity index (χ0v) is 11.7. The molecule has 0 saturated carbocycles. The number of rotatable bonds is 3. The van der Waals surface area contributed by atoms with Crippen LogP contribution in [0.5, 0.6) is 5.75 Å². The van der Waals surface area contributed by atoms with Crippen molar-refractivity contribution in [3.63, 3.8) is 0 Å². The second-order valence-electron chi connectivity index (χ2n) is 4.59. The Bertz CT molecular complexity index is 515. The molecule has 1 aromatic carbocycles. The molecule has 1 aromatic rings. The minimum Gasteiger partial charge on any atom is -0.496 e. The number of carbonyl (C=O) groups is 2. The Hall–Kier alpha value is -1.55. The Morgan fingerprint density at radius 2 is 2.16 bits per heavy atom. The van der Waals surface area contributed by atoms with Gasteiger partial charge in [0.25, 0.3) is 0 Å². The van der Waals surface area contributed by atoms with E-state index in [9.17, 15) is 9.59 Å². The molecule has 19 heavy (non-hydrogen) atoms. The smallest absolute Gasteiger partial charge is 0.230 e. The molecule has 2 amide bonds. The van der Waals surface area contributed by atoms with E-state index in [2.05, 4.69) is 5.32 Å². The van der Waals surface area contributed by atoms with Crippen LogP contribution >= 0.6 is 11.6 Å². The number of hydrogen-bond donors (Lipinski definition) is 1. The Morgan fingerprint density at radius 1 is 1.42 bits per heavy atom. The Labute approximate surface area is 117 Å². The fraction of sp³-hybridized carbons (Fsp3) is 0.429. The van der Waals surface area contributed by atoms with E-state index in [0.29, 0.717) is 17.2 Å². The molecule has 4 nitrogen and oxygen atoms in total. The lowest BCUT2D eigenvalue weighted by molar-refractivity contribution is -0.137. The van der Waals surface area contributed by atoms with Crippen molar-refractivity contribution in [3.05, 3.63) is 28.8 Å². The molecule has 1 aliphatic heterocycles. The highest BCUT2D eigenvalue weighted by molar-refractivity contribution is 6.31. The van der Waals surface area contributed by atoms with Crippen LogP contribution in [0.15, 0.2) is 18.2 Å². The van der Waals surface area contributed by atoms with E-state index in [-0.39, 0.29) is 30.1 Å². The maximum absolute atomic E-state index is 11.9. The van der Waals surface area contributed by atoms with Crippen LogP contribution in [0.4, 0.5) is 0 Å². The number of benzene rings is 1. The maximum atomic E-state index is 11.9. The van der Waals surface area contributed by atoms with Crippen LogP contribution in [-0.2, 0) is 9.59 Å². The van der Waals surface area contributed by atoms with Gasteiger partial charge < -0.3 is 4.74 Å². The minimum atomic E-state index is -0.262. The summed E-state index contributed by atoms with van der Waals surface area (Å²) in [5, 5.41) is 2.91. The molecule has 2 unspecified atom stereocenters. The van der Waals surface area contributed by atoms with Gasteiger partial charge in [-0.25, -0.2) is 0 Å². The van der Waals surface area contributed by atoms with E-state index in [1.54, 1.807) is 25.3 Å². The third-order valence-corrected chi connectivity index (χ3v) is 3.86. The summed E-state index contributed by atoms with van der Waals surface area (Å²) in [6.07, 6.45) is 0.905. The molecular formula is C14H16ClNO3. The highest BCUT2D eigenvalue weighted by Gasteiger charge is 2.37. The number of hydrogen-bond acceptors (Lipinski definition) is 3. The summed E-state index contributed by atoms with van der Waals surface area (Å²) in [7, 11) is 1.56. The molecule has 1 aliphatic rings. The van der Waals surface area contributed by atoms with Gasteiger partial charge in [0.05, 0.1) is 7.11 Å². The van der Waals surface area contributed by atoms with E-state index in [4.69, 9.17) is 16.3 Å². The van der Waals surface area contributed by atoms with Gasteiger partial charge in [-0.2, -0.15) is 0 Å². The zero-order valence-electron chi connectivity index (χ0n) is 10.9. The second kappa shape index (κ2) is 5.61. The maximum Gasteiger partial charge on any atom is 0.230 e. The lowest BCUT2D eigenvalue weighted by Gasteiger charge is -2.31. The predicted octanol–water partition coefficient (Wildman–Crippen LogP) is 2.50.